The SMILES string of the molecule is C1=Cc2ccc3c(c2CC1)c1ccccc1n3-c1ccc(-c2ccc(-c3nc(-c4ccccc4)nc(-c4cc5ccccc5c5ccccc45)n3)cc2)cc1. The molecule has 0 unspecified atom stereocenters. The van der Waals surface area contributed by atoms with Gasteiger partial charge in [-0.1, -0.05) is 152 Å². The third-order valence-electron chi connectivity index (χ3n) is 11.1. The van der Waals surface area contributed by atoms with E-state index in [2.05, 4.69) is 168 Å². The van der Waals surface area contributed by atoms with Crippen LogP contribution in [-0.2, 0) is 6.42 Å². The Hall–Kier alpha value is -7.17. The van der Waals surface area contributed by atoms with E-state index in [1.54, 1.807) is 0 Å². The van der Waals surface area contributed by atoms with Gasteiger partial charge in [-0.2, -0.15) is 0 Å². The molecule has 0 fully saturated rings. The maximum Gasteiger partial charge on any atom is 0.164 e. The van der Waals surface area contributed by atoms with Crippen molar-refractivity contribution < 1.29 is 0 Å². The van der Waals surface area contributed by atoms with Crippen molar-refractivity contribution in [2.75, 3.05) is 0 Å². The van der Waals surface area contributed by atoms with Crippen LogP contribution >= 0.6 is 0 Å². The Morgan fingerprint density at radius 3 is 1.82 bits per heavy atom. The van der Waals surface area contributed by atoms with E-state index in [0.717, 1.165) is 57.1 Å². The van der Waals surface area contributed by atoms with E-state index < -0.39 is 0 Å². The molecule has 0 radical (unpaired) electrons. The lowest BCUT2D eigenvalue weighted by molar-refractivity contribution is 0.997. The molecule has 0 amide bonds. The van der Waals surface area contributed by atoms with Crippen molar-refractivity contribution in [3.8, 4) is 51.0 Å². The van der Waals surface area contributed by atoms with Crippen LogP contribution in [-0.4, -0.2) is 19.5 Å². The molecule has 10 aromatic rings. The number of hydrogen-bond acceptors (Lipinski definition) is 3. The molecule has 0 saturated carbocycles. The summed E-state index contributed by atoms with van der Waals surface area (Å²) in [6.45, 7) is 0. The largest absolute Gasteiger partial charge is 0.309 e. The molecule has 0 aliphatic heterocycles. The van der Waals surface area contributed by atoms with Crippen LogP contribution < -0.4 is 0 Å². The van der Waals surface area contributed by atoms with Crippen LogP contribution in [0.5, 0.6) is 0 Å². The molecule has 258 valence electrons. The number of rotatable bonds is 5. The number of fused-ring (bicyclic) bond motifs is 8. The summed E-state index contributed by atoms with van der Waals surface area (Å²) in [6, 6.07) is 60.3. The lowest BCUT2D eigenvalue weighted by Crippen LogP contribution is -2.00. The first-order valence-electron chi connectivity index (χ1n) is 18.9. The van der Waals surface area contributed by atoms with Crippen LogP contribution in [0.1, 0.15) is 17.5 Å². The van der Waals surface area contributed by atoms with E-state index in [9.17, 15) is 0 Å². The average Bonchev–Trinajstić information content (AvgIpc) is 3.61. The Bertz CT molecular complexity index is 3120. The minimum Gasteiger partial charge on any atom is -0.309 e. The molecule has 0 bridgehead atoms. The number of para-hydroxylation sites is 1. The average molecular weight is 703 g/mol. The Morgan fingerprint density at radius 2 is 1.04 bits per heavy atom. The fraction of sp³-hybridized carbons (Fsp3) is 0.0392. The van der Waals surface area contributed by atoms with Crippen molar-refractivity contribution >= 4 is 49.4 Å². The molecule has 0 atom stereocenters. The smallest absolute Gasteiger partial charge is 0.164 e. The van der Waals surface area contributed by atoms with Gasteiger partial charge in [-0.15, -0.1) is 0 Å². The third-order valence-corrected chi connectivity index (χ3v) is 11.1. The zero-order valence-electron chi connectivity index (χ0n) is 30.0. The third kappa shape index (κ3) is 5.25. The van der Waals surface area contributed by atoms with Gasteiger partial charge in [-0.3, -0.25) is 0 Å². The van der Waals surface area contributed by atoms with Crippen LogP contribution in [0.4, 0.5) is 0 Å². The molecule has 1 aliphatic carbocycles. The van der Waals surface area contributed by atoms with Gasteiger partial charge >= 0.3 is 0 Å². The Balaban J connectivity index is 0.983. The van der Waals surface area contributed by atoms with E-state index in [-0.39, 0.29) is 0 Å². The Kier molecular flexibility index (Phi) is 7.27. The molecule has 2 heterocycles. The van der Waals surface area contributed by atoms with Crippen LogP contribution in [0, 0.1) is 0 Å². The lowest BCUT2D eigenvalue weighted by atomic mass is 9.93. The van der Waals surface area contributed by atoms with E-state index in [1.165, 1.54) is 43.7 Å². The number of benzene rings is 8. The molecule has 4 nitrogen and oxygen atoms in total. The summed E-state index contributed by atoms with van der Waals surface area (Å²) in [7, 11) is 0. The second-order valence-electron chi connectivity index (χ2n) is 14.3. The summed E-state index contributed by atoms with van der Waals surface area (Å²) in [5.74, 6) is 1.96. The molecule has 8 aromatic carbocycles. The van der Waals surface area contributed by atoms with Crippen molar-refractivity contribution in [1.82, 2.24) is 19.5 Å². The molecular formula is C51H34N4. The highest BCUT2D eigenvalue weighted by Crippen LogP contribution is 2.39. The fourth-order valence-electron chi connectivity index (χ4n) is 8.49. The number of aryl methyl sites for hydroxylation is 1. The fourth-order valence-corrected chi connectivity index (χ4v) is 8.49. The minimum atomic E-state index is 0.645. The van der Waals surface area contributed by atoms with Gasteiger partial charge in [0.1, 0.15) is 0 Å². The van der Waals surface area contributed by atoms with E-state index >= 15 is 0 Å². The van der Waals surface area contributed by atoms with E-state index in [0.29, 0.717) is 17.5 Å². The van der Waals surface area contributed by atoms with Gasteiger partial charge in [-0.25, -0.2) is 15.0 Å². The highest BCUT2D eigenvalue weighted by Gasteiger charge is 2.19. The van der Waals surface area contributed by atoms with Crippen molar-refractivity contribution in [2.45, 2.75) is 12.8 Å². The molecule has 11 rings (SSSR count). The van der Waals surface area contributed by atoms with E-state index in [1.807, 2.05) is 18.2 Å². The minimum absolute atomic E-state index is 0.645. The Labute approximate surface area is 318 Å². The van der Waals surface area contributed by atoms with Gasteiger partial charge in [0.05, 0.1) is 11.0 Å². The van der Waals surface area contributed by atoms with Crippen molar-refractivity contribution in [3.63, 3.8) is 0 Å². The topological polar surface area (TPSA) is 43.6 Å². The zero-order chi connectivity index (χ0) is 36.3. The van der Waals surface area contributed by atoms with Gasteiger partial charge < -0.3 is 4.57 Å². The molecule has 55 heavy (non-hydrogen) atoms. The monoisotopic (exact) mass is 702 g/mol. The first-order valence-corrected chi connectivity index (χ1v) is 18.9. The molecule has 0 spiro atoms. The van der Waals surface area contributed by atoms with Crippen LogP contribution in [0.15, 0.2) is 176 Å². The zero-order valence-corrected chi connectivity index (χ0v) is 30.0. The second-order valence-corrected chi connectivity index (χ2v) is 14.3. The predicted molar refractivity (Wildman–Crippen MR) is 228 cm³/mol. The molecule has 0 saturated heterocycles. The number of aromatic nitrogens is 4. The van der Waals surface area contributed by atoms with Crippen molar-refractivity contribution in [1.29, 1.82) is 0 Å². The first-order chi connectivity index (χ1) is 27.3. The van der Waals surface area contributed by atoms with E-state index in [4.69, 9.17) is 15.0 Å². The quantitative estimate of drug-likeness (QED) is 0.168. The normalized spacial score (nSPS) is 12.5. The predicted octanol–water partition coefficient (Wildman–Crippen LogP) is 12.9. The number of nitrogens with zero attached hydrogens (tertiary/aromatic N) is 4. The molecule has 0 N–H and O–H groups in total. The second kappa shape index (κ2) is 12.8. The maximum atomic E-state index is 5.15. The summed E-state index contributed by atoms with van der Waals surface area (Å²) >= 11 is 0. The molecule has 2 aromatic heterocycles. The maximum absolute atomic E-state index is 5.15. The summed E-state index contributed by atoms with van der Waals surface area (Å²) in [6.07, 6.45) is 6.73. The van der Waals surface area contributed by atoms with Gasteiger partial charge in [-0.05, 0) is 87.0 Å². The molecule has 4 heteroatoms. The summed E-state index contributed by atoms with van der Waals surface area (Å²) in [5, 5.41) is 7.37. The number of hydrogen-bond donors (Lipinski definition) is 0. The van der Waals surface area contributed by atoms with Gasteiger partial charge in [0.2, 0.25) is 0 Å². The molecule has 1 aliphatic rings. The molecular weight excluding hydrogens is 669 g/mol. The van der Waals surface area contributed by atoms with Crippen LogP contribution in [0.2, 0.25) is 0 Å². The summed E-state index contributed by atoms with van der Waals surface area (Å²) < 4.78 is 2.41. The first kappa shape index (κ1) is 31.4. The van der Waals surface area contributed by atoms with Gasteiger partial charge in [0.15, 0.2) is 17.5 Å². The highest BCUT2D eigenvalue weighted by molar-refractivity contribution is 6.14. The van der Waals surface area contributed by atoms with Gasteiger partial charge in [0.25, 0.3) is 0 Å². The summed E-state index contributed by atoms with van der Waals surface area (Å²) in [4.78, 5) is 15.3. The van der Waals surface area contributed by atoms with Crippen molar-refractivity contribution in [3.05, 3.63) is 187 Å². The Morgan fingerprint density at radius 1 is 0.436 bits per heavy atom. The van der Waals surface area contributed by atoms with Crippen LogP contribution in [0.25, 0.3) is 100 Å². The highest BCUT2D eigenvalue weighted by atomic mass is 15.0. The standard InChI is InChI=1S/C51H34N4/c1-2-13-36(14-3-1)49-52-50(54-51(53-49)45-32-38-15-5-6-16-40(38)42-18-8-9-19-43(42)45)37-24-22-33(23-25-37)34-26-29-39(30-27-34)55-46-21-11-10-20-44(46)48-41-17-7-4-12-35(41)28-31-47(48)55/h1-6,8-16,18-32H,7,17H2. The van der Waals surface area contributed by atoms with Crippen LogP contribution in [0.3, 0.4) is 0 Å². The van der Waals surface area contributed by atoms with Crippen molar-refractivity contribution in [2.24, 2.45) is 0 Å². The number of allylic oxidation sites excluding steroid dienone is 1. The van der Waals surface area contributed by atoms with Gasteiger partial charge in [0, 0.05) is 33.2 Å². The summed E-state index contributed by atoms with van der Waals surface area (Å²) in [5.41, 5.74) is 11.6. The lowest BCUT2D eigenvalue weighted by Gasteiger charge is -2.13.